The number of nitrogens with one attached hydrogen (secondary N) is 2. The van der Waals surface area contributed by atoms with Crippen molar-refractivity contribution in [2.24, 2.45) is 5.10 Å². The smallest absolute Gasteiger partial charge is 0.187 e. The van der Waals surface area contributed by atoms with Crippen molar-refractivity contribution in [1.29, 1.82) is 0 Å². The van der Waals surface area contributed by atoms with Gasteiger partial charge in [0.05, 0.1) is 12.3 Å². The van der Waals surface area contributed by atoms with Crippen molar-refractivity contribution in [2.45, 2.75) is 19.8 Å². The molecule has 2 N–H and O–H groups in total. The zero-order valence-corrected chi connectivity index (χ0v) is 9.99. The Labute approximate surface area is 95.8 Å². The first-order valence-electron chi connectivity index (χ1n) is 4.99. The van der Waals surface area contributed by atoms with Crippen LogP contribution in [0.15, 0.2) is 16.8 Å². The highest BCUT2D eigenvalue weighted by Crippen LogP contribution is 2.13. The van der Waals surface area contributed by atoms with Gasteiger partial charge in [0.15, 0.2) is 5.11 Å². The molecule has 0 fully saturated rings. The summed E-state index contributed by atoms with van der Waals surface area (Å²) in [6, 6.07) is 0. The van der Waals surface area contributed by atoms with Gasteiger partial charge in [-0.3, -0.25) is 5.43 Å². The maximum absolute atomic E-state index is 5.03. The Hall–Kier alpha value is -0.940. The van der Waals surface area contributed by atoms with Gasteiger partial charge in [-0.1, -0.05) is 5.57 Å². The van der Waals surface area contributed by atoms with Crippen molar-refractivity contribution >= 4 is 23.0 Å². The van der Waals surface area contributed by atoms with Gasteiger partial charge in [0.1, 0.15) is 0 Å². The summed E-state index contributed by atoms with van der Waals surface area (Å²) in [6.07, 6.45) is 4.19. The number of hydrogen-bond acceptors (Lipinski definition) is 3. The normalized spacial score (nSPS) is 17.7. The highest BCUT2D eigenvalue weighted by atomic mass is 32.1. The summed E-state index contributed by atoms with van der Waals surface area (Å²) in [6.45, 7) is 3.44. The van der Waals surface area contributed by atoms with Crippen molar-refractivity contribution in [3.63, 3.8) is 0 Å². The third kappa shape index (κ3) is 4.90. The average Bonchev–Trinajstić information content (AvgIpc) is 2.62. The summed E-state index contributed by atoms with van der Waals surface area (Å²) in [7, 11) is 1.66. The number of hydrazone groups is 1. The molecule has 0 aromatic carbocycles. The van der Waals surface area contributed by atoms with Gasteiger partial charge in [-0.2, -0.15) is 5.10 Å². The van der Waals surface area contributed by atoms with Crippen LogP contribution in [-0.2, 0) is 4.74 Å². The Kier molecular flexibility index (Phi) is 5.28. The van der Waals surface area contributed by atoms with E-state index in [0.29, 0.717) is 18.3 Å². The lowest BCUT2D eigenvalue weighted by Crippen LogP contribution is -2.34. The van der Waals surface area contributed by atoms with E-state index >= 15 is 0 Å². The van der Waals surface area contributed by atoms with Gasteiger partial charge in [-0.25, -0.2) is 0 Å². The van der Waals surface area contributed by atoms with Gasteiger partial charge in [-0.05, 0) is 38.1 Å². The molecule has 0 bridgehead atoms. The van der Waals surface area contributed by atoms with Crippen LogP contribution in [0.4, 0.5) is 0 Å². The Morgan fingerprint density at radius 2 is 2.40 bits per heavy atom. The molecule has 1 aliphatic rings. The standard InChI is InChI=1S/C10H17N3OS/c1-8-3-4-9(7-8)12-13-10(15)11-5-6-14-2/h7H,3-6H2,1-2H3,(H2,11,13,15)/b12-9+. The molecule has 0 heterocycles. The third-order valence-electron chi connectivity index (χ3n) is 2.08. The fourth-order valence-electron chi connectivity index (χ4n) is 1.27. The fraction of sp³-hybridized carbons (Fsp3) is 0.600. The van der Waals surface area contributed by atoms with Crippen molar-refractivity contribution in [1.82, 2.24) is 10.7 Å². The minimum absolute atomic E-state index is 0.539. The number of allylic oxidation sites excluding steroid dienone is 2. The van der Waals surface area contributed by atoms with Crippen molar-refractivity contribution in [3.8, 4) is 0 Å². The number of thiocarbonyl (C=S) groups is 1. The molecule has 0 radical (unpaired) electrons. The molecule has 0 aromatic heterocycles. The Morgan fingerprint density at radius 1 is 1.60 bits per heavy atom. The van der Waals surface area contributed by atoms with E-state index in [4.69, 9.17) is 17.0 Å². The SMILES string of the molecule is COCCNC(=S)N/N=C1/C=C(C)CC1. The van der Waals surface area contributed by atoms with Crippen LogP contribution in [0.3, 0.4) is 0 Å². The molecule has 0 atom stereocenters. The molecule has 0 saturated heterocycles. The van der Waals surface area contributed by atoms with Crippen LogP contribution < -0.4 is 10.7 Å². The first kappa shape index (κ1) is 12.1. The summed E-state index contributed by atoms with van der Waals surface area (Å²) in [5.74, 6) is 0. The summed E-state index contributed by atoms with van der Waals surface area (Å²) in [4.78, 5) is 0. The monoisotopic (exact) mass is 227 g/mol. The van der Waals surface area contributed by atoms with E-state index < -0.39 is 0 Å². The van der Waals surface area contributed by atoms with E-state index in [1.807, 2.05) is 0 Å². The molecule has 4 nitrogen and oxygen atoms in total. The minimum Gasteiger partial charge on any atom is -0.383 e. The van der Waals surface area contributed by atoms with Crippen molar-refractivity contribution in [3.05, 3.63) is 11.6 Å². The molecular weight excluding hydrogens is 210 g/mol. The quantitative estimate of drug-likeness (QED) is 0.430. The zero-order chi connectivity index (χ0) is 11.1. The topological polar surface area (TPSA) is 45.6 Å². The summed E-state index contributed by atoms with van der Waals surface area (Å²) < 4.78 is 4.89. The van der Waals surface area contributed by atoms with Crippen LogP contribution in [0.2, 0.25) is 0 Å². The highest BCUT2D eigenvalue weighted by Gasteiger charge is 2.06. The number of methoxy groups -OCH3 is 1. The molecule has 0 amide bonds. The lowest BCUT2D eigenvalue weighted by Gasteiger charge is -2.06. The van der Waals surface area contributed by atoms with Crippen molar-refractivity contribution < 1.29 is 4.74 Å². The van der Waals surface area contributed by atoms with Crippen LogP contribution in [0.1, 0.15) is 19.8 Å². The number of ether oxygens (including phenoxy) is 1. The van der Waals surface area contributed by atoms with Gasteiger partial charge < -0.3 is 10.1 Å². The van der Waals surface area contributed by atoms with E-state index in [1.54, 1.807) is 7.11 Å². The maximum Gasteiger partial charge on any atom is 0.187 e. The average molecular weight is 227 g/mol. The van der Waals surface area contributed by atoms with Gasteiger partial charge in [0, 0.05) is 13.7 Å². The second-order valence-corrected chi connectivity index (χ2v) is 3.86. The lowest BCUT2D eigenvalue weighted by atomic mass is 10.3. The van der Waals surface area contributed by atoms with E-state index in [0.717, 1.165) is 18.6 Å². The second kappa shape index (κ2) is 6.53. The molecule has 1 rings (SSSR count). The third-order valence-corrected chi connectivity index (χ3v) is 2.32. The molecule has 5 heteroatoms. The van der Waals surface area contributed by atoms with Gasteiger partial charge in [0.2, 0.25) is 0 Å². The van der Waals surface area contributed by atoms with Crippen LogP contribution >= 0.6 is 12.2 Å². The first-order chi connectivity index (χ1) is 7.22. The number of hydrogen-bond donors (Lipinski definition) is 2. The predicted molar refractivity (Wildman–Crippen MR) is 66.0 cm³/mol. The molecule has 0 aliphatic heterocycles. The van der Waals surface area contributed by atoms with E-state index in [1.165, 1.54) is 5.57 Å². The lowest BCUT2D eigenvalue weighted by molar-refractivity contribution is 0.204. The zero-order valence-electron chi connectivity index (χ0n) is 9.17. The van der Waals surface area contributed by atoms with Gasteiger partial charge in [0.25, 0.3) is 0 Å². The summed E-state index contributed by atoms with van der Waals surface area (Å²) in [5.41, 5.74) is 5.24. The molecule has 15 heavy (non-hydrogen) atoms. The van der Waals surface area contributed by atoms with E-state index in [2.05, 4.69) is 28.8 Å². The summed E-state index contributed by atoms with van der Waals surface area (Å²) >= 11 is 5.03. The largest absolute Gasteiger partial charge is 0.383 e. The molecule has 0 spiro atoms. The minimum atomic E-state index is 0.539. The Bertz CT molecular complexity index is 286. The molecular formula is C10H17N3OS. The predicted octanol–water partition coefficient (Wildman–Crippen LogP) is 1.19. The molecule has 0 saturated carbocycles. The van der Waals surface area contributed by atoms with Gasteiger partial charge in [-0.15, -0.1) is 0 Å². The van der Waals surface area contributed by atoms with E-state index in [9.17, 15) is 0 Å². The Morgan fingerprint density at radius 3 is 3.00 bits per heavy atom. The number of nitrogens with zero attached hydrogens (tertiary/aromatic N) is 1. The van der Waals surface area contributed by atoms with E-state index in [-0.39, 0.29) is 0 Å². The van der Waals surface area contributed by atoms with Gasteiger partial charge >= 0.3 is 0 Å². The fourth-order valence-corrected chi connectivity index (χ4v) is 1.42. The highest BCUT2D eigenvalue weighted by molar-refractivity contribution is 7.80. The second-order valence-electron chi connectivity index (χ2n) is 3.45. The Balaban J connectivity index is 2.21. The molecule has 84 valence electrons. The molecule has 0 unspecified atom stereocenters. The van der Waals surface area contributed by atoms with Crippen LogP contribution in [0, 0.1) is 0 Å². The molecule has 0 aromatic rings. The van der Waals surface area contributed by atoms with Crippen molar-refractivity contribution in [2.75, 3.05) is 20.3 Å². The molecule has 1 aliphatic carbocycles. The number of rotatable bonds is 4. The maximum atomic E-state index is 5.03. The van der Waals surface area contributed by atoms with Crippen LogP contribution in [-0.4, -0.2) is 31.1 Å². The first-order valence-corrected chi connectivity index (χ1v) is 5.39. The van der Waals surface area contributed by atoms with Crippen LogP contribution in [0.25, 0.3) is 0 Å². The van der Waals surface area contributed by atoms with Crippen LogP contribution in [0.5, 0.6) is 0 Å². The summed E-state index contributed by atoms with van der Waals surface area (Å²) in [5, 5.41) is 7.72.